The van der Waals surface area contributed by atoms with Crippen LogP contribution in [0.4, 0.5) is 0 Å². The zero-order valence-corrected chi connectivity index (χ0v) is 12.2. The van der Waals surface area contributed by atoms with Crippen LogP contribution in [0.2, 0.25) is 0 Å². The van der Waals surface area contributed by atoms with Crippen molar-refractivity contribution < 1.29 is 13.2 Å². The molecule has 0 spiro atoms. The highest BCUT2D eigenvalue weighted by Crippen LogP contribution is 2.15. The van der Waals surface area contributed by atoms with Gasteiger partial charge in [-0.05, 0) is 32.2 Å². The molecule has 0 saturated carbocycles. The largest absolute Gasteiger partial charge is 0.353 e. The zero-order chi connectivity index (χ0) is 13.9. The molecule has 1 atom stereocenters. The van der Waals surface area contributed by atoms with Gasteiger partial charge < -0.3 is 10.6 Å². The van der Waals surface area contributed by atoms with Gasteiger partial charge >= 0.3 is 0 Å². The summed E-state index contributed by atoms with van der Waals surface area (Å²) in [5.41, 5.74) is 0. The van der Waals surface area contributed by atoms with E-state index in [-0.39, 0.29) is 17.9 Å². The maximum Gasteiger partial charge on any atom is 0.224 e. The predicted octanol–water partition coefficient (Wildman–Crippen LogP) is -0.474. The van der Waals surface area contributed by atoms with E-state index >= 15 is 0 Å². The lowest BCUT2D eigenvalue weighted by atomic mass is 9.97. The molecule has 7 heteroatoms. The SMILES string of the molecule is CS(=O)(=O)N1CCC(NC(=O)[C@H]2CCCNC2)CC1. The third kappa shape index (κ3) is 4.15. The Labute approximate surface area is 115 Å². The van der Waals surface area contributed by atoms with Crippen LogP contribution in [0, 0.1) is 5.92 Å². The second-order valence-corrected chi connectivity index (χ2v) is 7.47. The number of amides is 1. The van der Waals surface area contributed by atoms with Crippen LogP contribution in [0.3, 0.4) is 0 Å². The normalized spacial score (nSPS) is 27.1. The monoisotopic (exact) mass is 289 g/mol. The van der Waals surface area contributed by atoms with Crippen molar-refractivity contribution in [3.8, 4) is 0 Å². The number of nitrogens with one attached hydrogen (secondary N) is 2. The molecule has 1 amide bonds. The summed E-state index contributed by atoms with van der Waals surface area (Å²) in [5.74, 6) is 0.187. The number of carbonyl (C=O) groups is 1. The van der Waals surface area contributed by atoms with Crippen LogP contribution >= 0.6 is 0 Å². The Morgan fingerprint density at radius 1 is 1.26 bits per heavy atom. The van der Waals surface area contributed by atoms with Gasteiger partial charge in [0, 0.05) is 25.7 Å². The fraction of sp³-hybridized carbons (Fsp3) is 0.917. The first-order chi connectivity index (χ1) is 8.97. The molecule has 2 aliphatic heterocycles. The summed E-state index contributed by atoms with van der Waals surface area (Å²) in [5, 5.41) is 6.29. The number of sulfonamides is 1. The maximum absolute atomic E-state index is 12.1. The molecule has 2 heterocycles. The van der Waals surface area contributed by atoms with Crippen LogP contribution < -0.4 is 10.6 Å². The number of rotatable bonds is 3. The molecule has 0 aromatic heterocycles. The Kier molecular flexibility index (Phi) is 4.81. The van der Waals surface area contributed by atoms with Crippen molar-refractivity contribution in [2.75, 3.05) is 32.4 Å². The molecule has 0 bridgehead atoms. The highest BCUT2D eigenvalue weighted by molar-refractivity contribution is 7.88. The summed E-state index contributed by atoms with van der Waals surface area (Å²) in [4.78, 5) is 12.1. The fourth-order valence-corrected chi connectivity index (χ4v) is 3.60. The van der Waals surface area contributed by atoms with Crippen molar-refractivity contribution in [3.05, 3.63) is 0 Å². The van der Waals surface area contributed by atoms with Crippen molar-refractivity contribution in [2.24, 2.45) is 5.92 Å². The first-order valence-electron chi connectivity index (χ1n) is 6.93. The van der Waals surface area contributed by atoms with Crippen molar-refractivity contribution in [3.63, 3.8) is 0 Å². The zero-order valence-electron chi connectivity index (χ0n) is 11.4. The molecule has 2 rings (SSSR count). The standard InChI is InChI=1S/C12H23N3O3S/c1-19(17,18)15-7-4-11(5-8-15)14-12(16)10-3-2-6-13-9-10/h10-11,13H,2-9H2,1H3,(H,14,16)/t10-/m0/s1. The molecule has 2 aliphatic rings. The van der Waals surface area contributed by atoms with E-state index in [2.05, 4.69) is 10.6 Å². The average molecular weight is 289 g/mol. The molecule has 6 nitrogen and oxygen atoms in total. The Morgan fingerprint density at radius 2 is 1.95 bits per heavy atom. The maximum atomic E-state index is 12.1. The number of piperidine rings is 2. The average Bonchev–Trinajstić information content (AvgIpc) is 2.39. The van der Waals surface area contributed by atoms with Gasteiger partial charge in [-0.3, -0.25) is 4.79 Å². The molecule has 110 valence electrons. The minimum atomic E-state index is -3.09. The summed E-state index contributed by atoms with van der Waals surface area (Å²) in [7, 11) is -3.09. The van der Waals surface area contributed by atoms with E-state index in [1.165, 1.54) is 10.6 Å². The molecule has 2 fully saturated rings. The first-order valence-corrected chi connectivity index (χ1v) is 8.78. The number of carbonyl (C=O) groups excluding carboxylic acids is 1. The first kappa shape index (κ1) is 14.7. The molecule has 2 saturated heterocycles. The highest BCUT2D eigenvalue weighted by Gasteiger charge is 2.28. The van der Waals surface area contributed by atoms with E-state index in [1.807, 2.05) is 0 Å². The summed E-state index contributed by atoms with van der Waals surface area (Å²) < 4.78 is 24.3. The molecule has 19 heavy (non-hydrogen) atoms. The van der Waals surface area contributed by atoms with E-state index in [9.17, 15) is 13.2 Å². The summed E-state index contributed by atoms with van der Waals surface area (Å²) in [6, 6.07) is 0.118. The summed E-state index contributed by atoms with van der Waals surface area (Å²) in [6.07, 6.45) is 4.64. The number of hydrogen-bond acceptors (Lipinski definition) is 4. The molecule has 0 aromatic carbocycles. The molecular formula is C12H23N3O3S. The van der Waals surface area contributed by atoms with Crippen LogP contribution in [-0.2, 0) is 14.8 Å². The molecule has 2 N–H and O–H groups in total. The Bertz CT molecular complexity index is 410. The van der Waals surface area contributed by atoms with Gasteiger partial charge in [0.1, 0.15) is 0 Å². The van der Waals surface area contributed by atoms with Gasteiger partial charge in [0.2, 0.25) is 15.9 Å². The quantitative estimate of drug-likeness (QED) is 0.736. The van der Waals surface area contributed by atoms with Gasteiger partial charge in [0.05, 0.1) is 12.2 Å². The van der Waals surface area contributed by atoms with Gasteiger partial charge in [0.25, 0.3) is 0 Å². The molecule has 0 unspecified atom stereocenters. The van der Waals surface area contributed by atoms with E-state index in [0.29, 0.717) is 25.9 Å². The van der Waals surface area contributed by atoms with Crippen LogP contribution in [0.1, 0.15) is 25.7 Å². The fourth-order valence-electron chi connectivity index (χ4n) is 2.73. The number of hydrogen-bond donors (Lipinski definition) is 2. The minimum Gasteiger partial charge on any atom is -0.353 e. The van der Waals surface area contributed by atoms with Crippen molar-refractivity contribution >= 4 is 15.9 Å². The van der Waals surface area contributed by atoms with Crippen molar-refractivity contribution in [1.29, 1.82) is 0 Å². The van der Waals surface area contributed by atoms with E-state index < -0.39 is 10.0 Å². The summed E-state index contributed by atoms with van der Waals surface area (Å²) >= 11 is 0. The van der Waals surface area contributed by atoms with Gasteiger partial charge in [-0.2, -0.15) is 0 Å². The van der Waals surface area contributed by atoms with E-state index in [0.717, 1.165) is 25.9 Å². The van der Waals surface area contributed by atoms with Crippen LogP contribution in [0.5, 0.6) is 0 Å². The van der Waals surface area contributed by atoms with Crippen LogP contribution in [0.25, 0.3) is 0 Å². The van der Waals surface area contributed by atoms with Crippen LogP contribution in [-0.4, -0.2) is 57.1 Å². The van der Waals surface area contributed by atoms with Crippen LogP contribution in [0.15, 0.2) is 0 Å². The smallest absolute Gasteiger partial charge is 0.224 e. The van der Waals surface area contributed by atoms with Gasteiger partial charge in [-0.1, -0.05) is 0 Å². The third-order valence-corrected chi connectivity index (χ3v) is 5.24. The third-order valence-electron chi connectivity index (χ3n) is 3.94. The summed E-state index contributed by atoms with van der Waals surface area (Å²) in [6.45, 7) is 2.77. The Balaban J connectivity index is 1.77. The Hall–Kier alpha value is -0.660. The Morgan fingerprint density at radius 3 is 2.47 bits per heavy atom. The van der Waals surface area contributed by atoms with E-state index in [4.69, 9.17) is 0 Å². The minimum absolute atomic E-state index is 0.0710. The second-order valence-electron chi connectivity index (χ2n) is 5.49. The van der Waals surface area contributed by atoms with Crippen molar-refractivity contribution in [2.45, 2.75) is 31.7 Å². The molecule has 0 aliphatic carbocycles. The second kappa shape index (κ2) is 6.19. The van der Waals surface area contributed by atoms with Crippen molar-refractivity contribution in [1.82, 2.24) is 14.9 Å². The molecule has 0 aromatic rings. The topological polar surface area (TPSA) is 78.5 Å². The van der Waals surface area contributed by atoms with Gasteiger partial charge in [-0.25, -0.2) is 12.7 Å². The van der Waals surface area contributed by atoms with E-state index in [1.54, 1.807) is 0 Å². The number of nitrogens with zero attached hydrogens (tertiary/aromatic N) is 1. The highest BCUT2D eigenvalue weighted by atomic mass is 32.2. The van der Waals surface area contributed by atoms with Gasteiger partial charge in [0.15, 0.2) is 0 Å². The lowest BCUT2D eigenvalue weighted by Crippen LogP contribution is -2.49. The lowest BCUT2D eigenvalue weighted by Gasteiger charge is -2.32. The molecule has 0 radical (unpaired) electrons. The molecular weight excluding hydrogens is 266 g/mol. The lowest BCUT2D eigenvalue weighted by molar-refractivity contribution is -0.126. The van der Waals surface area contributed by atoms with Gasteiger partial charge in [-0.15, -0.1) is 0 Å². The predicted molar refractivity (Wildman–Crippen MR) is 73.2 cm³/mol.